The van der Waals surface area contributed by atoms with E-state index in [1.165, 1.54) is 25.3 Å². The van der Waals surface area contributed by atoms with E-state index in [-0.39, 0.29) is 22.3 Å². The van der Waals surface area contributed by atoms with Gasteiger partial charge in [-0.1, -0.05) is 17.7 Å². The highest BCUT2D eigenvalue weighted by atomic mass is 32.2. The van der Waals surface area contributed by atoms with Crippen LogP contribution in [0.3, 0.4) is 0 Å². The van der Waals surface area contributed by atoms with Crippen LogP contribution in [-0.2, 0) is 10.0 Å². The maximum Gasteiger partial charge on any atom is 0.265 e. The van der Waals surface area contributed by atoms with E-state index < -0.39 is 15.9 Å². The van der Waals surface area contributed by atoms with Crippen LogP contribution < -0.4 is 14.8 Å². The Labute approximate surface area is 182 Å². The molecule has 164 valence electrons. The number of furan rings is 1. The maximum atomic E-state index is 13.0. The first-order valence-corrected chi connectivity index (χ1v) is 11.2. The van der Waals surface area contributed by atoms with Gasteiger partial charge in [-0.25, -0.2) is 8.42 Å². The van der Waals surface area contributed by atoms with Crippen molar-refractivity contribution in [2.24, 2.45) is 0 Å². The fraction of sp³-hybridized carbons (Fsp3) is 0.261. The third kappa shape index (κ3) is 5.08. The fourth-order valence-corrected chi connectivity index (χ4v) is 4.55. The van der Waals surface area contributed by atoms with Crippen LogP contribution in [0.5, 0.6) is 5.75 Å². The van der Waals surface area contributed by atoms with E-state index in [9.17, 15) is 13.2 Å². The van der Waals surface area contributed by atoms with Gasteiger partial charge in [0.1, 0.15) is 22.2 Å². The Kier molecular flexibility index (Phi) is 6.40. The van der Waals surface area contributed by atoms with Crippen molar-refractivity contribution in [3.05, 3.63) is 76.7 Å². The molecule has 1 atom stereocenters. The maximum absolute atomic E-state index is 13.0. The van der Waals surface area contributed by atoms with E-state index in [0.717, 1.165) is 22.6 Å². The van der Waals surface area contributed by atoms with E-state index in [1.807, 2.05) is 33.8 Å². The summed E-state index contributed by atoms with van der Waals surface area (Å²) in [7, 11) is -2.60. The molecule has 0 aliphatic heterocycles. The summed E-state index contributed by atoms with van der Waals surface area (Å²) in [5.41, 5.74) is 2.50. The summed E-state index contributed by atoms with van der Waals surface area (Å²) in [6.07, 6.45) is 0. The molecule has 0 radical (unpaired) electrons. The Bertz CT molecular complexity index is 1200. The molecule has 0 aliphatic rings. The molecule has 8 heteroatoms. The van der Waals surface area contributed by atoms with Gasteiger partial charge in [0.05, 0.1) is 13.2 Å². The number of benzene rings is 2. The zero-order valence-electron chi connectivity index (χ0n) is 18.1. The molecular formula is C23H26N2O5S. The second kappa shape index (κ2) is 8.85. The first-order chi connectivity index (χ1) is 14.6. The summed E-state index contributed by atoms with van der Waals surface area (Å²) < 4.78 is 39.3. The van der Waals surface area contributed by atoms with Gasteiger partial charge < -0.3 is 14.5 Å². The molecule has 0 aliphatic carbocycles. The Balaban J connectivity index is 1.88. The molecule has 1 aromatic heterocycles. The minimum atomic E-state index is -3.98. The van der Waals surface area contributed by atoms with Crippen LogP contribution in [0.1, 0.15) is 46.0 Å². The van der Waals surface area contributed by atoms with Gasteiger partial charge >= 0.3 is 0 Å². The molecule has 0 bridgehead atoms. The predicted molar refractivity (Wildman–Crippen MR) is 119 cm³/mol. The van der Waals surface area contributed by atoms with Crippen LogP contribution in [0.4, 0.5) is 5.69 Å². The van der Waals surface area contributed by atoms with Crippen LogP contribution >= 0.6 is 0 Å². The minimum Gasteiger partial charge on any atom is -0.495 e. The van der Waals surface area contributed by atoms with Crippen molar-refractivity contribution in [3.63, 3.8) is 0 Å². The molecule has 1 unspecified atom stereocenters. The molecule has 31 heavy (non-hydrogen) atoms. The lowest BCUT2D eigenvalue weighted by molar-refractivity contribution is 0.0939. The van der Waals surface area contributed by atoms with E-state index in [0.29, 0.717) is 5.69 Å². The van der Waals surface area contributed by atoms with Crippen molar-refractivity contribution < 1.29 is 22.4 Å². The SMILES string of the molecule is COc1ccc(C(=O)NC(C)c2cc(C)oc2C)cc1S(=O)(=O)Nc1ccc(C)cc1. The van der Waals surface area contributed by atoms with E-state index >= 15 is 0 Å². The molecule has 3 aromatic rings. The fourth-order valence-electron chi connectivity index (χ4n) is 3.30. The van der Waals surface area contributed by atoms with Crippen molar-refractivity contribution in [3.8, 4) is 5.75 Å². The number of sulfonamides is 1. The van der Waals surface area contributed by atoms with Crippen molar-refractivity contribution in [2.75, 3.05) is 11.8 Å². The average Bonchev–Trinajstić information content (AvgIpc) is 3.07. The first-order valence-electron chi connectivity index (χ1n) is 9.76. The van der Waals surface area contributed by atoms with Crippen LogP contribution in [0, 0.1) is 20.8 Å². The molecule has 7 nitrogen and oxygen atoms in total. The van der Waals surface area contributed by atoms with Crippen molar-refractivity contribution in [1.29, 1.82) is 0 Å². The summed E-state index contributed by atoms with van der Waals surface area (Å²) in [4.78, 5) is 12.7. The van der Waals surface area contributed by atoms with E-state index in [1.54, 1.807) is 24.3 Å². The van der Waals surface area contributed by atoms with Gasteiger partial charge in [0.2, 0.25) is 0 Å². The number of amides is 1. The van der Waals surface area contributed by atoms with E-state index in [2.05, 4.69) is 10.0 Å². The van der Waals surface area contributed by atoms with Crippen molar-refractivity contribution in [1.82, 2.24) is 5.32 Å². The number of hydrogen-bond donors (Lipinski definition) is 2. The van der Waals surface area contributed by atoms with Crippen molar-refractivity contribution >= 4 is 21.6 Å². The Morgan fingerprint density at radius 2 is 1.71 bits per heavy atom. The molecular weight excluding hydrogens is 416 g/mol. The summed E-state index contributed by atoms with van der Waals surface area (Å²) in [5, 5.41) is 2.88. The molecule has 0 fully saturated rings. The van der Waals surface area contributed by atoms with Crippen LogP contribution in [0.2, 0.25) is 0 Å². The lowest BCUT2D eigenvalue weighted by atomic mass is 10.1. The number of carbonyl (C=O) groups is 1. The van der Waals surface area contributed by atoms with Gasteiger partial charge in [-0.3, -0.25) is 9.52 Å². The molecule has 2 aromatic carbocycles. The van der Waals surface area contributed by atoms with Gasteiger partial charge in [0.15, 0.2) is 0 Å². The second-order valence-electron chi connectivity index (χ2n) is 7.40. The van der Waals surface area contributed by atoms with Gasteiger partial charge in [-0.15, -0.1) is 0 Å². The lowest BCUT2D eigenvalue weighted by Gasteiger charge is -2.16. The molecule has 0 saturated carbocycles. The summed E-state index contributed by atoms with van der Waals surface area (Å²) in [5.74, 6) is 1.23. The Hall–Kier alpha value is -3.26. The number of rotatable bonds is 7. The molecule has 0 spiro atoms. The molecule has 2 N–H and O–H groups in total. The topological polar surface area (TPSA) is 97.6 Å². The summed E-state index contributed by atoms with van der Waals surface area (Å²) in [6.45, 7) is 7.43. The first kappa shape index (κ1) is 22.4. The Morgan fingerprint density at radius 1 is 1.03 bits per heavy atom. The monoisotopic (exact) mass is 442 g/mol. The predicted octanol–water partition coefficient (Wildman–Crippen LogP) is 4.51. The third-order valence-electron chi connectivity index (χ3n) is 4.91. The van der Waals surface area contributed by atoms with Gasteiger partial charge in [-0.05, 0) is 64.1 Å². The van der Waals surface area contributed by atoms with Gasteiger partial charge in [0.25, 0.3) is 15.9 Å². The third-order valence-corrected chi connectivity index (χ3v) is 6.32. The van der Waals surface area contributed by atoms with Crippen LogP contribution in [0.25, 0.3) is 0 Å². The Morgan fingerprint density at radius 3 is 2.29 bits per heavy atom. The van der Waals surface area contributed by atoms with E-state index in [4.69, 9.17) is 9.15 Å². The molecule has 0 saturated heterocycles. The highest BCUT2D eigenvalue weighted by molar-refractivity contribution is 7.92. The highest BCUT2D eigenvalue weighted by Crippen LogP contribution is 2.28. The minimum absolute atomic E-state index is 0.119. The largest absolute Gasteiger partial charge is 0.495 e. The standard InChI is InChI=1S/C23H26N2O5S/c1-14-6-9-19(10-7-14)25-31(27,28)22-13-18(8-11-21(22)29-5)23(26)24-16(3)20-12-15(2)30-17(20)4/h6-13,16,25H,1-5H3,(H,24,26). The number of aryl methyl sites for hydroxylation is 3. The second-order valence-corrected chi connectivity index (χ2v) is 9.05. The van der Waals surface area contributed by atoms with Crippen LogP contribution in [0.15, 0.2) is 57.8 Å². The number of ether oxygens (including phenoxy) is 1. The summed E-state index contributed by atoms with van der Waals surface area (Å²) in [6, 6.07) is 12.8. The smallest absolute Gasteiger partial charge is 0.265 e. The lowest BCUT2D eigenvalue weighted by Crippen LogP contribution is -2.27. The summed E-state index contributed by atoms with van der Waals surface area (Å²) >= 11 is 0. The molecule has 3 rings (SSSR count). The zero-order valence-corrected chi connectivity index (χ0v) is 19.0. The molecule has 1 amide bonds. The number of nitrogens with one attached hydrogen (secondary N) is 2. The van der Waals surface area contributed by atoms with Gasteiger partial charge in [-0.2, -0.15) is 0 Å². The normalized spacial score (nSPS) is 12.3. The highest BCUT2D eigenvalue weighted by Gasteiger charge is 2.23. The number of anilines is 1. The van der Waals surface area contributed by atoms with Crippen LogP contribution in [-0.4, -0.2) is 21.4 Å². The van der Waals surface area contributed by atoms with Crippen molar-refractivity contribution in [2.45, 2.75) is 38.6 Å². The molecule has 1 heterocycles. The number of hydrogen-bond acceptors (Lipinski definition) is 5. The quantitative estimate of drug-likeness (QED) is 0.561. The number of carbonyl (C=O) groups excluding carboxylic acids is 1. The van der Waals surface area contributed by atoms with Gasteiger partial charge in [0, 0.05) is 16.8 Å². The zero-order chi connectivity index (χ0) is 22.8. The average molecular weight is 443 g/mol. The number of methoxy groups -OCH3 is 1.